The first kappa shape index (κ1) is 22.1. The molecule has 4 rings (SSSR count). The Labute approximate surface area is 193 Å². The van der Waals surface area contributed by atoms with E-state index in [4.69, 9.17) is 0 Å². The van der Waals surface area contributed by atoms with Gasteiger partial charge in [0.2, 0.25) is 0 Å². The van der Waals surface area contributed by atoms with Crippen LogP contribution in [0.2, 0.25) is 0 Å². The number of halogens is 3. The van der Waals surface area contributed by atoms with Crippen LogP contribution in [0.3, 0.4) is 0 Å². The molecule has 3 aromatic heterocycles. The van der Waals surface area contributed by atoms with Gasteiger partial charge in [0.15, 0.2) is 0 Å². The zero-order chi connectivity index (χ0) is 22.7. The average molecular weight is 488 g/mol. The maximum absolute atomic E-state index is 13.7. The molecule has 32 heavy (non-hydrogen) atoms. The van der Waals surface area contributed by atoms with E-state index in [1.807, 2.05) is 0 Å². The van der Waals surface area contributed by atoms with Gasteiger partial charge in [0.1, 0.15) is 11.1 Å². The Kier molecular flexibility index (Phi) is 6.32. The molecule has 0 fully saturated rings. The van der Waals surface area contributed by atoms with Crippen molar-refractivity contribution in [3.05, 3.63) is 81.4 Å². The Balaban J connectivity index is 1.77. The number of nitrogens with one attached hydrogen (secondary N) is 1. The summed E-state index contributed by atoms with van der Waals surface area (Å²) in [6, 6.07) is 16.1. The highest BCUT2D eigenvalue weighted by Crippen LogP contribution is 2.41. The first-order valence-corrected chi connectivity index (χ1v) is 11.6. The average Bonchev–Trinajstić information content (AvgIpc) is 3.48. The summed E-state index contributed by atoms with van der Waals surface area (Å²) in [5, 5.41) is 15.7. The van der Waals surface area contributed by atoms with Crippen molar-refractivity contribution in [1.29, 1.82) is 5.26 Å². The van der Waals surface area contributed by atoms with E-state index in [2.05, 4.69) is 10.3 Å². The first-order valence-electron chi connectivity index (χ1n) is 9.05. The molecule has 0 saturated carbocycles. The van der Waals surface area contributed by atoms with Gasteiger partial charge in [-0.25, -0.2) is 4.98 Å². The monoisotopic (exact) mass is 487 g/mol. The number of nitriles is 1. The second kappa shape index (κ2) is 9.16. The smallest absolute Gasteiger partial charge is 0.320 e. The number of nitrogens with zero attached hydrogens (tertiary/aromatic N) is 2. The van der Waals surface area contributed by atoms with E-state index in [0.29, 0.717) is 20.3 Å². The van der Waals surface area contributed by atoms with Crippen molar-refractivity contribution >= 4 is 46.0 Å². The topological polar surface area (TPSA) is 65.8 Å². The molecule has 0 saturated heterocycles. The van der Waals surface area contributed by atoms with Crippen molar-refractivity contribution < 1.29 is 18.0 Å². The lowest BCUT2D eigenvalue weighted by Crippen LogP contribution is -2.11. The summed E-state index contributed by atoms with van der Waals surface area (Å²) in [5.74, 6) is -0.329. The molecule has 4 aromatic rings. The minimum atomic E-state index is -4.72. The summed E-state index contributed by atoms with van der Waals surface area (Å²) in [4.78, 5) is 18.4. The molecule has 0 aliphatic heterocycles. The van der Waals surface area contributed by atoms with Gasteiger partial charge < -0.3 is 5.32 Å². The predicted octanol–water partition coefficient (Wildman–Crippen LogP) is 7.17. The number of benzene rings is 1. The third-order valence-corrected chi connectivity index (χ3v) is 7.09. The van der Waals surface area contributed by atoms with E-state index in [1.165, 1.54) is 22.7 Å². The number of alkyl halides is 3. The number of hydrogen-bond donors (Lipinski definition) is 1. The van der Waals surface area contributed by atoms with E-state index in [9.17, 15) is 23.2 Å². The maximum Gasteiger partial charge on any atom is 0.417 e. The number of thiophene rings is 2. The molecule has 0 atom stereocenters. The van der Waals surface area contributed by atoms with Crippen LogP contribution in [-0.4, -0.2) is 10.9 Å². The summed E-state index contributed by atoms with van der Waals surface area (Å²) < 4.78 is 41.2. The van der Waals surface area contributed by atoms with Crippen LogP contribution in [0, 0.1) is 11.3 Å². The Morgan fingerprint density at radius 3 is 2.47 bits per heavy atom. The molecule has 160 valence electrons. The van der Waals surface area contributed by atoms with E-state index in [-0.39, 0.29) is 16.6 Å². The number of aromatic nitrogens is 1. The standard InChI is InChI=1S/C22H12F3N3OS3/c23-22(24,25)14-11-16(17-7-3-9-30-17)28-21(13(14)12-26)32-18-6-2-1-5-15(18)27-20(29)19-8-4-10-31-19/h1-11H,(H,27,29). The quantitative estimate of drug-likeness (QED) is 0.324. The Morgan fingerprint density at radius 1 is 1.06 bits per heavy atom. The van der Waals surface area contributed by atoms with Crippen LogP contribution < -0.4 is 5.32 Å². The van der Waals surface area contributed by atoms with Crippen LogP contribution in [0.25, 0.3) is 10.6 Å². The maximum atomic E-state index is 13.7. The van der Waals surface area contributed by atoms with Gasteiger partial charge in [0, 0.05) is 4.90 Å². The number of rotatable bonds is 5. The fraction of sp³-hybridized carbons (Fsp3) is 0.0455. The lowest BCUT2D eigenvalue weighted by atomic mass is 10.1. The molecule has 0 radical (unpaired) electrons. The lowest BCUT2D eigenvalue weighted by Gasteiger charge is -2.15. The van der Waals surface area contributed by atoms with E-state index in [0.717, 1.165) is 17.8 Å². The van der Waals surface area contributed by atoms with E-state index in [1.54, 1.807) is 65.4 Å². The summed E-state index contributed by atoms with van der Waals surface area (Å²) in [7, 11) is 0. The Hall–Kier alpha value is -3.13. The fourth-order valence-corrected chi connectivity index (χ4v) is 5.12. The number of carbonyl (C=O) groups excluding carboxylic acids is 1. The molecule has 3 heterocycles. The molecule has 1 aromatic carbocycles. The molecule has 10 heteroatoms. The highest BCUT2D eigenvalue weighted by atomic mass is 32.2. The second-order valence-corrected chi connectivity index (χ2v) is 9.28. The molecule has 1 amide bonds. The zero-order valence-electron chi connectivity index (χ0n) is 16.0. The van der Waals surface area contributed by atoms with Gasteiger partial charge in [0.25, 0.3) is 5.91 Å². The number of hydrogen-bond acceptors (Lipinski definition) is 6. The van der Waals surface area contributed by atoms with Crippen molar-refractivity contribution in [3.8, 4) is 16.6 Å². The van der Waals surface area contributed by atoms with Crippen LogP contribution >= 0.6 is 34.4 Å². The van der Waals surface area contributed by atoms with Gasteiger partial charge in [0.05, 0.1) is 32.3 Å². The Morgan fingerprint density at radius 2 is 1.81 bits per heavy atom. The van der Waals surface area contributed by atoms with Gasteiger partial charge in [-0.3, -0.25) is 4.79 Å². The molecule has 0 bridgehead atoms. The minimum absolute atomic E-state index is 0.0800. The normalized spacial score (nSPS) is 11.2. The molecule has 0 aliphatic rings. The summed E-state index contributed by atoms with van der Waals surface area (Å²) in [5.41, 5.74) is -1.05. The van der Waals surface area contributed by atoms with Gasteiger partial charge in [-0.15, -0.1) is 22.7 Å². The molecule has 1 N–H and O–H groups in total. The second-order valence-electron chi connectivity index (χ2n) is 6.35. The Bertz CT molecular complexity index is 1290. The zero-order valence-corrected chi connectivity index (χ0v) is 18.5. The molecule has 4 nitrogen and oxygen atoms in total. The highest BCUT2D eigenvalue weighted by molar-refractivity contribution is 7.99. The third-order valence-electron chi connectivity index (χ3n) is 4.26. The SMILES string of the molecule is N#Cc1c(C(F)(F)F)cc(-c2cccs2)nc1Sc1ccccc1NC(=O)c1cccs1. The molecule has 0 spiro atoms. The van der Waals surface area contributed by atoms with Crippen LogP contribution in [-0.2, 0) is 6.18 Å². The molecular weight excluding hydrogens is 475 g/mol. The molecule has 0 unspecified atom stereocenters. The number of pyridine rings is 1. The van der Waals surface area contributed by atoms with Crippen molar-refractivity contribution in [2.24, 2.45) is 0 Å². The van der Waals surface area contributed by atoms with E-state index >= 15 is 0 Å². The van der Waals surface area contributed by atoms with Crippen LogP contribution in [0.4, 0.5) is 18.9 Å². The number of carbonyl (C=O) groups is 1. The number of amides is 1. The van der Waals surface area contributed by atoms with Crippen LogP contribution in [0.15, 0.2) is 75.3 Å². The minimum Gasteiger partial charge on any atom is -0.320 e. The van der Waals surface area contributed by atoms with Gasteiger partial charge in [-0.1, -0.05) is 36.0 Å². The van der Waals surface area contributed by atoms with Crippen LogP contribution in [0.1, 0.15) is 20.8 Å². The molecule has 0 aliphatic carbocycles. The summed E-state index contributed by atoms with van der Waals surface area (Å²) in [6.45, 7) is 0. The molecular formula is C22H12F3N3OS3. The lowest BCUT2D eigenvalue weighted by molar-refractivity contribution is -0.138. The number of anilines is 1. The van der Waals surface area contributed by atoms with Crippen LogP contribution in [0.5, 0.6) is 0 Å². The van der Waals surface area contributed by atoms with Crippen molar-refractivity contribution in [3.63, 3.8) is 0 Å². The largest absolute Gasteiger partial charge is 0.417 e. The van der Waals surface area contributed by atoms with Gasteiger partial charge in [-0.2, -0.15) is 18.4 Å². The van der Waals surface area contributed by atoms with E-state index < -0.39 is 17.3 Å². The highest BCUT2D eigenvalue weighted by Gasteiger charge is 2.36. The van der Waals surface area contributed by atoms with Crippen molar-refractivity contribution in [1.82, 2.24) is 4.98 Å². The van der Waals surface area contributed by atoms with Crippen molar-refractivity contribution in [2.75, 3.05) is 5.32 Å². The fourth-order valence-electron chi connectivity index (χ4n) is 2.83. The van der Waals surface area contributed by atoms with Gasteiger partial charge in [-0.05, 0) is 41.1 Å². The number of para-hydroxylation sites is 1. The first-order chi connectivity index (χ1) is 15.4. The van der Waals surface area contributed by atoms with Gasteiger partial charge >= 0.3 is 6.18 Å². The predicted molar refractivity (Wildman–Crippen MR) is 120 cm³/mol. The van der Waals surface area contributed by atoms with Crippen molar-refractivity contribution in [2.45, 2.75) is 16.1 Å². The summed E-state index contributed by atoms with van der Waals surface area (Å²) >= 11 is 3.44. The third kappa shape index (κ3) is 4.70. The summed E-state index contributed by atoms with van der Waals surface area (Å²) in [6.07, 6.45) is -4.72.